The summed E-state index contributed by atoms with van der Waals surface area (Å²) in [6.45, 7) is -0.168. The number of aromatic nitrogens is 2. The van der Waals surface area contributed by atoms with Gasteiger partial charge in [0.2, 0.25) is 5.92 Å². The number of hydrogen-bond donors (Lipinski definition) is 1. The number of hydrogen-bond acceptors (Lipinski definition) is 3. The third-order valence-electron chi connectivity index (χ3n) is 4.96. The molecule has 1 unspecified atom stereocenters. The molecule has 3 aromatic carbocycles. The minimum Gasteiger partial charge on any atom is -0.486 e. The Kier molecular flexibility index (Phi) is 5.08. The van der Waals surface area contributed by atoms with Crippen LogP contribution in [0.25, 0.3) is 22.2 Å². The minimum atomic E-state index is -0.920. The number of carbonyl (C=O) groups excluding carboxylic acids is 1. The maximum Gasteiger partial charge on any atom is 0.280 e. The largest absolute Gasteiger partial charge is 0.486 e. The van der Waals surface area contributed by atoms with Gasteiger partial charge in [-0.1, -0.05) is 54.6 Å². The SMILES string of the molecule is C[n+]1c(C(C#N)C(=O)COc2ccc(-c3ccccc3)cc2)[nH]c2ccccc21. The summed E-state index contributed by atoms with van der Waals surface area (Å²) in [5, 5.41) is 9.60. The van der Waals surface area contributed by atoms with E-state index in [2.05, 4.69) is 11.1 Å². The zero-order valence-electron chi connectivity index (χ0n) is 16.0. The average molecular weight is 382 g/mol. The summed E-state index contributed by atoms with van der Waals surface area (Å²) in [5.74, 6) is -0.0600. The zero-order chi connectivity index (χ0) is 20.2. The molecule has 1 heterocycles. The van der Waals surface area contributed by atoms with Gasteiger partial charge in [-0.3, -0.25) is 4.79 Å². The Balaban J connectivity index is 1.47. The van der Waals surface area contributed by atoms with E-state index >= 15 is 0 Å². The molecule has 0 spiro atoms. The van der Waals surface area contributed by atoms with Crippen LogP contribution in [0.1, 0.15) is 11.7 Å². The quantitative estimate of drug-likeness (QED) is 0.514. The van der Waals surface area contributed by atoms with E-state index in [-0.39, 0.29) is 12.4 Å². The van der Waals surface area contributed by atoms with Crippen LogP contribution in [0.2, 0.25) is 0 Å². The first-order chi connectivity index (χ1) is 14.2. The number of ketones is 1. The molecular formula is C24H20N3O2+. The van der Waals surface area contributed by atoms with Crippen LogP contribution >= 0.6 is 0 Å². The number of aromatic amines is 1. The fraction of sp³-hybridized carbons (Fsp3) is 0.125. The fourth-order valence-electron chi connectivity index (χ4n) is 3.39. The molecule has 0 saturated carbocycles. The lowest BCUT2D eigenvalue weighted by Crippen LogP contribution is -2.36. The number of nitriles is 1. The molecule has 1 atom stereocenters. The highest BCUT2D eigenvalue weighted by molar-refractivity contribution is 5.89. The fourth-order valence-corrected chi connectivity index (χ4v) is 3.39. The summed E-state index contributed by atoms with van der Waals surface area (Å²) in [5.41, 5.74) is 4.01. The molecule has 4 aromatic rings. The predicted octanol–water partition coefficient (Wildman–Crippen LogP) is 3.91. The lowest BCUT2D eigenvalue weighted by Gasteiger charge is -2.08. The van der Waals surface area contributed by atoms with Crippen LogP contribution in [0, 0.1) is 11.3 Å². The second kappa shape index (κ2) is 7.99. The van der Waals surface area contributed by atoms with E-state index in [4.69, 9.17) is 4.74 Å². The number of carbonyl (C=O) groups is 1. The number of aryl methyl sites for hydroxylation is 1. The Morgan fingerprint density at radius 2 is 1.66 bits per heavy atom. The first kappa shape index (κ1) is 18.5. The molecule has 0 aliphatic heterocycles. The number of benzene rings is 3. The Labute approximate surface area is 168 Å². The van der Waals surface area contributed by atoms with E-state index in [9.17, 15) is 10.1 Å². The summed E-state index contributed by atoms with van der Waals surface area (Å²) in [4.78, 5) is 15.9. The summed E-state index contributed by atoms with van der Waals surface area (Å²) in [6, 6.07) is 27.4. The van der Waals surface area contributed by atoms with Gasteiger partial charge < -0.3 is 4.74 Å². The van der Waals surface area contributed by atoms with Gasteiger partial charge >= 0.3 is 0 Å². The number of ether oxygens (including phenoxy) is 1. The number of nitrogens with one attached hydrogen (secondary N) is 1. The average Bonchev–Trinajstić information content (AvgIpc) is 3.10. The van der Waals surface area contributed by atoms with Gasteiger partial charge in [0.25, 0.3) is 5.82 Å². The van der Waals surface area contributed by atoms with Gasteiger partial charge in [0, 0.05) is 0 Å². The van der Waals surface area contributed by atoms with Crippen LogP contribution < -0.4 is 9.30 Å². The Morgan fingerprint density at radius 3 is 2.34 bits per heavy atom. The molecule has 1 N–H and O–H groups in total. The van der Waals surface area contributed by atoms with E-state index < -0.39 is 5.92 Å². The molecule has 0 bridgehead atoms. The van der Waals surface area contributed by atoms with Gasteiger partial charge in [0.05, 0.1) is 13.1 Å². The van der Waals surface area contributed by atoms with Crippen LogP contribution in [0.5, 0.6) is 5.75 Å². The maximum absolute atomic E-state index is 12.7. The Morgan fingerprint density at radius 1 is 1.00 bits per heavy atom. The molecule has 142 valence electrons. The van der Waals surface area contributed by atoms with Crippen LogP contribution in [-0.2, 0) is 11.8 Å². The van der Waals surface area contributed by atoms with E-state index in [0.29, 0.717) is 11.6 Å². The van der Waals surface area contributed by atoms with Gasteiger partial charge in [-0.2, -0.15) is 5.26 Å². The van der Waals surface area contributed by atoms with E-state index in [1.54, 1.807) is 0 Å². The van der Waals surface area contributed by atoms with Crippen molar-refractivity contribution in [3.05, 3.63) is 84.7 Å². The molecule has 0 amide bonds. The van der Waals surface area contributed by atoms with Gasteiger partial charge in [-0.05, 0) is 35.4 Å². The summed E-state index contributed by atoms with van der Waals surface area (Å²) < 4.78 is 7.50. The van der Waals surface area contributed by atoms with Gasteiger partial charge in [-0.15, -0.1) is 0 Å². The monoisotopic (exact) mass is 382 g/mol. The van der Waals surface area contributed by atoms with Crippen molar-refractivity contribution in [2.24, 2.45) is 7.05 Å². The third-order valence-corrected chi connectivity index (χ3v) is 4.96. The van der Waals surface area contributed by atoms with Crippen molar-refractivity contribution >= 4 is 16.8 Å². The molecule has 5 heteroatoms. The number of H-pyrrole nitrogens is 1. The molecule has 0 radical (unpaired) electrons. The number of para-hydroxylation sites is 2. The summed E-state index contributed by atoms with van der Waals surface area (Å²) in [6.07, 6.45) is 0. The molecule has 1 aromatic heterocycles. The van der Waals surface area contributed by atoms with Crippen molar-refractivity contribution < 1.29 is 14.1 Å². The minimum absolute atomic E-state index is 0.168. The molecule has 0 saturated heterocycles. The number of imidazole rings is 1. The van der Waals surface area contributed by atoms with Crippen molar-refractivity contribution in [3.8, 4) is 22.9 Å². The normalized spacial score (nSPS) is 11.7. The van der Waals surface area contributed by atoms with E-state index in [1.165, 1.54) is 0 Å². The molecule has 4 rings (SSSR count). The van der Waals surface area contributed by atoms with Crippen molar-refractivity contribution in [2.45, 2.75) is 5.92 Å². The first-order valence-electron chi connectivity index (χ1n) is 9.34. The standard InChI is InChI=1S/C24H19N3O2/c1-27-22-10-6-5-9-21(22)26-24(27)20(15-25)23(28)16-29-19-13-11-18(12-14-19)17-7-3-2-4-8-17/h2-14,20H,16H2,1H3/p+1. The highest BCUT2D eigenvalue weighted by Crippen LogP contribution is 2.22. The number of nitrogens with zero attached hydrogens (tertiary/aromatic N) is 2. The molecule has 29 heavy (non-hydrogen) atoms. The highest BCUT2D eigenvalue weighted by Gasteiger charge is 2.31. The van der Waals surface area contributed by atoms with E-state index in [0.717, 1.165) is 22.2 Å². The van der Waals surface area contributed by atoms with Crippen LogP contribution in [0.4, 0.5) is 0 Å². The lowest BCUT2D eigenvalue weighted by molar-refractivity contribution is -0.652. The summed E-state index contributed by atoms with van der Waals surface area (Å²) >= 11 is 0. The van der Waals surface area contributed by atoms with Gasteiger partial charge in [-0.25, -0.2) is 9.55 Å². The van der Waals surface area contributed by atoms with E-state index in [1.807, 2.05) is 90.5 Å². The van der Waals surface area contributed by atoms with Gasteiger partial charge in [0.15, 0.2) is 16.8 Å². The van der Waals surface area contributed by atoms with Gasteiger partial charge in [0.1, 0.15) is 12.4 Å². The van der Waals surface area contributed by atoms with Crippen molar-refractivity contribution in [1.82, 2.24) is 4.98 Å². The molecular weight excluding hydrogens is 362 g/mol. The second-order valence-electron chi connectivity index (χ2n) is 6.79. The van der Waals surface area contributed by atoms with Crippen LogP contribution in [-0.4, -0.2) is 17.4 Å². The van der Waals surface area contributed by atoms with Crippen molar-refractivity contribution in [3.63, 3.8) is 0 Å². The lowest BCUT2D eigenvalue weighted by atomic mass is 10.1. The van der Waals surface area contributed by atoms with Crippen LogP contribution in [0.15, 0.2) is 78.9 Å². The zero-order valence-corrected chi connectivity index (χ0v) is 16.0. The third kappa shape index (κ3) is 3.74. The molecule has 0 aliphatic rings. The second-order valence-corrected chi connectivity index (χ2v) is 6.79. The Bertz CT molecular complexity index is 1190. The smallest absolute Gasteiger partial charge is 0.280 e. The highest BCUT2D eigenvalue weighted by atomic mass is 16.5. The molecule has 5 nitrogen and oxygen atoms in total. The van der Waals surface area contributed by atoms with Crippen molar-refractivity contribution in [2.75, 3.05) is 6.61 Å². The maximum atomic E-state index is 12.7. The van der Waals surface area contributed by atoms with Crippen molar-refractivity contribution in [1.29, 1.82) is 5.26 Å². The molecule has 0 aliphatic carbocycles. The van der Waals surface area contributed by atoms with Crippen LogP contribution in [0.3, 0.4) is 0 Å². The summed E-state index contributed by atoms with van der Waals surface area (Å²) in [7, 11) is 1.84. The predicted molar refractivity (Wildman–Crippen MR) is 110 cm³/mol. The topological polar surface area (TPSA) is 69.8 Å². The number of rotatable bonds is 6. The molecule has 0 fully saturated rings. The first-order valence-corrected chi connectivity index (χ1v) is 9.34. The number of fused-ring (bicyclic) bond motifs is 1. The number of Topliss-reactive ketones (excluding diaryl/α,β-unsaturated/α-hetero) is 1. The Hall–Kier alpha value is -3.91.